The molecule has 0 bridgehead atoms. The van der Waals surface area contributed by atoms with Gasteiger partial charge in [-0.05, 0) is 71.3 Å². The van der Waals surface area contributed by atoms with Gasteiger partial charge in [-0.1, -0.05) is 53.2 Å². The van der Waals surface area contributed by atoms with Crippen molar-refractivity contribution in [1.82, 2.24) is 0 Å². The summed E-state index contributed by atoms with van der Waals surface area (Å²) in [7, 11) is 0. The smallest absolute Gasteiger partial charge is 0.0915 e. The van der Waals surface area contributed by atoms with Crippen molar-refractivity contribution in [2.75, 3.05) is 0 Å². The monoisotopic (exact) mass is 309 g/mol. The molecule has 0 spiro atoms. The summed E-state index contributed by atoms with van der Waals surface area (Å²) in [6.07, 6.45) is 7.67. The molecule has 0 saturated carbocycles. The number of hydrogen-bond donors (Lipinski definition) is 0. The fourth-order valence-corrected chi connectivity index (χ4v) is 3.77. The second kappa shape index (κ2) is 6.52. The minimum absolute atomic E-state index is 0.218. The van der Waals surface area contributed by atoms with Gasteiger partial charge < -0.3 is 0 Å². The highest BCUT2D eigenvalue weighted by molar-refractivity contribution is 5.70. The molecule has 0 unspecified atom stereocenters. The summed E-state index contributed by atoms with van der Waals surface area (Å²) < 4.78 is 0. The third kappa shape index (κ3) is 3.52. The molecular formula is C22H31N. The number of rotatable bonds is 4. The van der Waals surface area contributed by atoms with Crippen LogP contribution in [0.2, 0.25) is 0 Å². The molecule has 0 heterocycles. The van der Waals surface area contributed by atoms with Crippen molar-refractivity contribution in [3.05, 3.63) is 40.5 Å². The Morgan fingerprint density at radius 1 is 1.13 bits per heavy atom. The molecule has 2 rings (SSSR count). The number of nitrogens with zero attached hydrogens (tertiary/aromatic N) is 1. The highest BCUT2D eigenvalue weighted by Crippen LogP contribution is 2.47. The fraction of sp³-hybridized carbons (Fsp3) is 0.591. The predicted octanol–water partition coefficient (Wildman–Crippen LogP) is 6.31. The number of hydrogen-bond acceptors (Lipinski definition) is 1. The molecule has 23 heavy (non-hydrogen) atoms. The van der Waals surface area contributed by atoms with E-state index >= 15 is 0 Å². The SMILES string of the molecule is CCCCc1cc2c(cc1/C(C)=C\C#N)C(C)(C)CCC2(C)C. The molecule has 0 radical (unpaired) electrons. The Balaban J connectivity index is 2.68. The van der Waals surface area contributed by atoms with E-state index in [2.05, 4.69) is 59.7 Å². The number of fused-ring (bicyclic) bond motifs is 1. The van der Waals surface area contributed by atoms with Gasteiger partial charge in [0.2, 0.25) is 0 Å². The molecule has 1 aromatic rings. The van der Waals surface area contributed by atoms with E-state index in [-0.39, 0.29) is 10.8 Å². The van der Waals surface area contributed by atoms with Crippen LogP contribution in [0.5, 0.6) is 0 Å². The molecule has 124 valence electrons. The molecule has 1 nitrogen and oxygen atoms in total. The summed E-state index contributed by atoms with van der Waals surface area (Å²) in [6.45, 7) is 13.8. The summed E-state index contributed by atoms with van der Waals surface area (Å²) in [6, 6.07) is 7.05. The van der Waals surface area contributed by atoms with Gasteiger partial charge in [0.25, 0.3) is 0 Å². The van der Waals surface area contributed by atoms with Gasteiger partial charge in [0.1, 0.15) is 0 Å². The van der Waals surface area contributed by atoms with Crippen molar-refractivity contribution in [1.29, 1.82) is 5.26 Å². The van der Waals surface area contributed by atoms with E-state index in [1.54, 1.807) is 6.08 Å². The van der Waals surface area contributed by atoms with Crippen molar-refractivity contribution in [2.45, 2.75) is 84.5 Å². The Kier molecular flexibility index (Phi) is 5.04. The molecule has 0 amide bonds. The molecule has 0 N–H and O–H groups in total. The molecule has 0 atom stereocenters. The Bertz CT molecular complexity index is 653. The topological polar surface area (TPSA) is 23.8 Å². The number of allylic oxidation sites excluding steroid dienone is 2. The van der Waals surface area contributed by atoms with Gasteiger partial charge in [-0.2, -0.15) is 5.26 Å². The van der Waals surface area contributed by atoms with E-state index in [4.69, 9.17) is 5.26 Å². The van der Waals surface area contributed by atoms with Gasteiger partial charge in [0.05, 0.1) is 6.07 Å². The first-order chi connectivity index (χ1) is 10.7. The third-order valence-corrected chi connectivity index (χ3v) is 5.58. The quantitative estimate of drug-likeness (QED) is 0.598. The van der Waals surface area contributed by atoms with E-state index < -0.39 is 0 Å². The van der Waals surface area contributed by atoms with Gasteiger partial charge in [-0.15, -0.1) is 0 Å². The van der Waals surface area contributed by atoms with E-state index in [0.29, 0.717) is 0 Å². The van der Waals surface area contributed by atoms with Gasteiger partial charge >= 0.3 is 0 Å². The van der Waals surface area contributed by atoms with Crippen LogP contribution in [-0.4, -0.2) is 0 Å². The van der Waals surface area contributed by atoms with Crippen LogP contribution >= 0.6 is 0 Å². The second-order valence-electron chi connectivity index (χ2n) is 8.38. The lowest BCUT2D eigenvalue weighted by molar-refractivity contribution is 0.331. The van der Waals surface area contributed by atoms with Crippen LogP contribution in [0.3, 0.4) is 0 Å². The highest BCUT2D eigenvalue weighted by atomic mass is 14.4. The maximum atomic E-state index is 9.06. The zero-order valence-electron chi connectivity index (χ0n) is 15.7. The van der Waals surface area contributed by atoms with E-state index in [9.17, 15) is 0 Å². The predicted molar refractivity (Wildman–Crippen MR) is 99.6 cm³/mol. The number of aryl methyl sites for hydroxylation is 1. The summed E-state index contributed by atoms with van der Waals surface area (Å²) in [5.41, 5.74) is 7.26. The zero-order chi connectivity index (χ0) is 17.3. The Morgan fingerprint density at radius 2 is 1.70 bits per heavy atom. The van der Waals surface area contributed by atoms with Crippen molar-refractivity contribution in [3.63, 3.8) is 0 Å². The molecule has 0 saturated heterocycles. The Labute approximate surface area is 142 Å². The van der Waals surface area contributed by atoms with Gasteiger partial charge in [0.15, 0.2) is 0 Å². The number of nitriles is 1. The average Bonchev–Trinajstić information content (AvgIpc) is 2.49. The lowest BCUT2D eigenvalue weighted by Gasteiger charge is -2.42. The molecule has 1 aliphatic rings. The van der Waals surface area contributed by atoms with E-state index in [1.165, 1.54) is 47.9 Å². The summed E-state index contributed by atoms with van der Waals surface area (Å²) in [4.78, 5) is 0. The fourth-order valence-electron chi connectivity index (χ4n) is 3.77. The molecule has 0 aliphatic heterocycles. The lowest BCUT2D eigenvalue weighted by atomic mass is 9.62. The largest absolute Gasteiger partial charge is 0.193 e. The molecule has 1 aromatic carbocycles. The molecule has 1 aliphatic carbocycles. The summed E-state index contributed by atoms with van der Waals surface area (Å²) in [5.74, 6) is 0. The minimum atomic E-state index is 0.218. The van der Waals surface area contributed by atoms with Crippen LogP contribution in [-0.2, 0) is 17.3 Å². The highest BCUT2D eigenvalue weighted by Gasteiger charge is 2.37. The van der Waals surface area contributed by atoms with Gasteiger partial charge in [-0.25, -0.2) is 0 Å². The molecule has 0 fully saturated rings. The zero-order valence-corrected chi connectivity index (χ0v) is 15.7. The minimum Gasteiger partial charge on any atom is -0.193 e. The van der Waals surface area contributed by atoms with Crippen LogP contribution in [0.25, 0.3) is 5.57 Å². The number of unbranched alkanes of at least 4 members (excludes halogenated alkanes) is 1. The van der Waals surface area contributed by atoms with Crippen LogP contribution in [0.1, 0.15) is 89.5 Å². The maximum absolute atomic E-state index is 9.06. The Hall–Kier alpha value is -1.55. The van der Waals surface area contributed by atoms with Crippen LogP contribution in [0.4, 0.5) is 0 Å². The normalized spacial score (nSPS) is 19.1. The lowest BCUT2D eigenvalue weighted by Crippen LogP contribution is -2.34. The second-order valence-corrected chi connectivity index (χ2v) is 8.38. The first-order valence-corrected chi connectivity index (χ1v) is 8.97. The van der Waals surface area contributed by atoms with Crippen LogP contribution in [0.15, 0.2) is 18.2 Å². The van der Waals surface area contributed by atoms with E-state index in [1.807, 2.05) is 0 Å². The van der Waals surface area contributed by atoms with Crippen LogP contribution in [0, 0.1) is 11.3 Å². The molecule has 1 heteroatoms. The summed E-state index contributed by atoms with van der Waals surface area (Å²) in [5, 5.41) is 9.06. The standard InChI is InChI=1S/C22H31N/c1-7-8-9-17-14-19-20(15-18(17)16(2)10-13-23)22(5,6)12-11-21(19,3)4/h10,14-15H,7-9,11-12H2,1-6H3/b16-10-. The first kappa shape index (κ1) is 17.8. The average molecular weight is 309 g/mol. The first-order valence-electron chi connectivity index (χ1n) is 8.97. The van der Waals surface area contributed by atoms with Crippen molar-refractivity contribution >= 4 is 5.57 Å². The molecular weight excluding hydrogens is 278 g/mol. The summed E-state index contributed by atoms with van der Waals surface area (Å²) >= 11 is 0. The third-order valence-electron chi connectivity index (χ3n) is 5.58. The van der Waals surface area contributed by atoms with Gasteiger partial charge in [-0.3, -0.25) is 0 Å². The molecule has 0 aromatic heterocycles. The Morgan fingerprint density at radius 3 is 2.22 bits per heavy atom. The van der Waals surface area contributed by atoms with Crippen molar-refractivity contribution in [3.8, 4) is 6.07 Å². The number of benzene rings is 1. The van der Waals surface area contributed by atoms with Crippen molar-refractivity contribution in [2.24, 2.45) is 0 Å². The maximum Gasteiger partial charge on any atom is 0.0915 e. The van der Waals surface area contributed by atoms with Crippen molar-refractivity contribution < 1.29 is 0 Å². The van der Waals surface area contributed by atoms with E-state index in [0.717, 1.165) is 12.0 Å². The van der Waals surface area contributed by atoms with Gasteiger partial charge in [0, 0.05) is 6.08 Å². The van der Waals surface area contributed by atoms with Crippen LogP contribution < -0.4 is 0 Å².